The van der Waals surface area contributed by atoms with Gasteiger partial charge in [-0.1, -0.05) is 69.9 Å². The Labute approximate surface area is 162 Å². The molecule has 0 radical (unpaired) electrons. The zero-order chi connectivity index (χ0) is 19.5. The number of ketones is 1. The Morgan fingerprint density at radius 2 is 1.37 bits per heavy atom. The molecule has 0 bridgehead atoms. The van der Waals surface area contributed by atoms with Crippen LogP contribution in [0.3, 0.4) is 0 Å². The van der Waals surface area contributed by atoms with Crippen molar-refractivity contribution < 1.29 is 14.4 Å². The van der Waals surface area contributed by atoms with E-state index in [1.165, 1.54) is 51.9 Å². The van der Waals surface area contributed by atoms with E-state index in [0.29, 0.717) is 11.3 Å². The summed E-state index contributed by atoms with van der Waals surface area (Å²) >= 11 is 0. The summed E-state index contributed by atoms with van der Waals surface area (Å²) in [5.41, 5.74) is 0.967. The number of hydrogen-bond acceptors (Lipinski definition) is 3. The van der Waals surface area contributed by atoms with E-state index in [0.717, 1.165) is 25.7 Å². The minimum atomic E-state index is -0.679. The highest BCUT2D eigenvalue weighted by Crippen LogP contribution is 2.17. The van der Waals surface area contributed by atoms with Gasteiger partial charge in [0.25, 0.3) is 0 Å². The normalized spacial score (nSPS) is 17.2. The number of amides is 2. The van der Waals surface area contributed by atoms with Crippen molar-refractivity contribution in [3.63, 3.8) is 0 Å². The lowest BCUT2D eigenvalue weighted by Crippen LogP contribution is -2.42. The Hall–Kier alpha value is -2.17. The van der Waals surface area contributed by atoms with Crippen LogP contribution in [-0.2, 0) is 9.59 Å². The Morgan fingerprint density at radius 3 is 1.93 bits per heavy atom. The summed E-state index contributed by atoms with van der Waals surface area (Å²) < 4.78 is 0. The lowest BCUT2D eigenvalue weighted by atomic mass is 9.98. The second kappa shape index (κ2) is 11.5. The number of benzene rings is 1. The average molecular weight is 373 g/mol. The minimum Gasteiger partial charge on any atom is -0.345 e. The van der Waals surface area contributed by atoms with E-state index in [1.54, 1.807) is 24.3 Å². The topological polar surface area (TPSA) is 75.3 Å². The SMILES string of the molecule is CC(=O)c1cccc(NC(=O)C(=O)NC2CCCCCCCCCCC2)c1. The smallest absolute Gasteiger partial charge is 0.313 e. The fraction of sp³-hybridized carbons (Fsp3) is 0.591. The molecule has 1 aliphatic rings. The first-order valence-corrected chi connectivity index (χ1v) is 10.3. The van der Waals surface area contributed by atoms with Gasteiger partial charge in [0.05, 0.1) is 0 Å². The van der Waals surface area contributed by atoms with Crippen molar-refractivity contribution in [1.29, 1.82) is 0 Å². The van der Waals surface area contributed by atoms with Crippen LogP contribution in [0.2, 0.25) is 0 Å². The van der Waals surface area contributed by atoms with Gasteiger partial charge in [-0.3, -0.25) is 14.4 Å². The van der Waals surface area contributed by atoms with Gasteiger partial charge in [0.15, 0.2) is 5.78 Å². The predicted octanol–water partition coefficient (Wildman–Crippen LogP) is 4.62. The molecular formula is C22H32N2O3. The minimum absolute atomic E-state index is 0.0613. The van der Waals surface area contributed by atoms with Gasteiger partial charge in [-0.2, -0.15) is 0 Å². The summed E-state index contributed by atoms with van der Waals surface area (Å²) in [5.74, 6) is -1.36. The van der Waals surface area contributed by atoms with Crippen molar-refractivity contribution in [3.05, 3.63) is 29.8 Å². The fourth-order valence-corrected chi connectivity index (χ4v) is 3.56. The van der Waals surface area contributed by atoms with Crippen molar-refractivity contribution in [1.82, 2.24) is 5.32 Å². The van der Waals surface area contributed by atoms with E-state index in [1.807, 2.05) is 0 Å². The number of nitrogens with one attached hydrogen (secondary N) is 2. The van der Waals surface area contributed by atoms with Crippen molar-refractivity contribution >= 4 is 23.3 Å². The highest BCUT2D eigenvalue weighted by atomic mass is 16.2. The van der Waals surface area contributed by atoms with Gasteiger partial charge >= 0.3 is 11.8 Å². The maximum absolute atomic E-state index is 12.3. The van der Waals surface area contributed by atoms with Crippen LogP contribution < -0.4 is 10.6 Å². The Bertz CT molecular complexity index is 630. The van der Waals surface area contributed by atoms with Crippen LogP contribution in [0.1, 0.15) is 87.9 Å². The molecule has 0 atom stereocenters. The fourth-order valence-electron chi connectivity index (χ4n) is 3.56. The lowest BCUT2D eigenvalue weighted by molar-refractivity contribution is -0.136. The first-order valence-electron chi connectivity index (χ1n) is 10.3. The molecule has 5 nitrogen and oxygen atoms in total. The third kappa shape index (κ3) is 7.94. The van der Waals surface area contributed by atoms with Crippen molar-refractivity contribution in [2.24, 2.45) is 0 Å². The van der Waals surface area contributed by atoms with Gasteiger partial charge in [-0.25, -0.2) is 0 Å². The third-order valence-corrected chi connectivity index (χ3v) is 5.17. The summed E-state index contributed by atoms with van der Waals surface area (Å²) in [6.07, 6.45) is 12.9. The number of Topliss-reactive ketones (excluding diaryl/α,β-unsaturated/α-hetero) is 1. The molecule has 2 amide bonds. The number of anilines is 1. The highest BCUT2D eigenvalue weighted by molar-refractivity contribution is 6.39. The van der Waals surface area contributed by atoms with Crippen LogP contribution in [0.15, 0.2) is 24.3 Å². The van der Waals surface area contributed by atoms with Gasteiger partial charge in [-0.05, 0) is 31.9 Å². The molecule has 5 heteroatoms. The maximum Gasteiger partial charge on any atom is 0.313 e. The molecule has 1 aliphatic carbocycles. The van der Waals surface area contributed by atoms with E-state index in [-0.39, 0.29) is 11.8 Å². The Kier molecular flexibility index (Phi) is 9.02. The number of rotatable bonds is 3. The summed E-state index contributed by atoms with van der Waals surface area (Å²) in [7, 11) is 0. The largest absolute Gasteiger partial charge is 0.345 e. The molecule has 0 saturated heterocycles. The molecule has 0 heterocycles. The average Bonchev–Trinajstić information content (AvgIpc) is 2.64. The lowest BCUT2D eigenvalue weighted by Gasteiger charge is -2.19. The van der Waals surface area contributed by atoms with E-state index < -0.39 is 11.8 Å². The molecular weight excluding hydrogens is 340 g/mol. The van der Waals surface area contributed by atoms with Crippen LogP contribution >= 0.6 is 0 Å². The molecule has 1 saturated carbocycles. The van der Waals surface area contributed by atoms with Gasteiger partial charge in [0, 0.05) is 17.3 Å². The molecule has 0 unspecified atom stereocenters. The van der Waals surface area contributed by atoms with Gasteiger partial charge in [0.2, 0.25) is 0 Å². The summed E-state index contributed by atoms with van der Waals surface area (Å²) in [6, 6.07) is 6.70. The Balaban J connectivity index is 1.87. The van der Waals surface area contributed by atoms with Crippen molar-refractivity contribution in [2.75, 3.05) is 5.32 Å². The number of carbonyl (C=O) groups excluding carboxylic acids is 3. The summed E-state index contributed by atoms with van der Waals surface area (Å²) in [5, 5.41) is 5.50. The molecule has 0 spiro atoms. The highest BCUT2D eigenvalue weighted by Gasteiger charge is 2.19. The summed E-state index contributed by atoms with van der Waals surface area (Å²) in [4.78, 5) is 36.0. The van der Waals surface area contributed by atoms with E-state index in [9.17, 15) is 14.4 Å². The molecule has 2 N–H and O–H groups in total. The molecule has 0 aromatic heterocycles. The zero-order valence-electron chi connectivity index (χ0n) is 16.4. The van der Waals surface area contributed by atoms with Crippen LogP contribution in [0, 0.1) is 0 Å². The Morgan fingerprint density at radius 1 is 0.815 bits per heavy atom. The molecule has 2 rings (SSSR count). The molecule has 148 valence electrons. The number of carbonyl (C=O) groups is 3. The first-order chi connectivity index (χ1) is 13.1. The van der Waals surface area contributed by atoms with E-state index >= 15 is 0 Å². The zero-order valence-corrected chi connectivity index (χ0v) is 16.4. The van der Waals surface area contributed by atoms with E-state index in [2.05, 4.69) is 10.6 Å². The van der Waals surface area contributed by atoms with Gasteiger partial charge in [-0.15, -0.1) is 0 Å². The second-order valence-electron chi connectivity index (χ2n) is 7.52. The standard InChI is InChI=1S/C22H32N2O3/c1-17(25)18-12-11-15-20(16-18)24-22(27)21(26)23-19-13-9-7-5-3-2-4-6-8-10-14-19/h11-12,15-16,19H,2-10,13-14H2,1H3,(H,23,26)(H,24,27). The molecule has 1 fully saturated rings. The van der Waals surface area contributed by atoms with Crippen LogP contribution in [-0.4, -0.2) is 23.6 Å². The van der Waals surface area contributed by atoms with Crippen LogP contribution in [0.5, 0.6) is 0 Å². The molecule has 0 aliphatic heterocycles. The van der Waals surface area contributed by atoms with Crippen molar-refractivity contribution in [2.45, 2.75) is 83.6 Å². The monoisotopic (exact) mass is 372 g/mol. The second-order valence-corrected chi connectivity index (χ2v) is 7.52. The quantitative estimate of drug-likeness (QED) is 0.600. The van der Waals surface area contributed by atoms with Crippen LogP contribution in [0.25, 0.3) is 0 Å². The number of hydrogen-bond donors (Lipinski definition) is 2. The molecule has 27 heavy (non-hydrogen) atoms. The predicted molar refractivity (Wildman–Crippen MR) is 108 cm³/mol. The van der Waals surface area contributed by atoms with Gasteiger partial charge in [0.1, 0.15) is 0 Å². The first kappa shape index (κ1) is 21.1. The van der Waals surface area contributed by atoms with Crippen LogP contribution in [0.4, 0.5) is 5.69 Å². The van der Waals surface area contributed by atoms with Gasteiger partial charge < -0.3 is 10.6 Å². The van der Waals surface area contributed by atoms with Crippen molar-refractivity contribution in [3.8, 4) is 0 Å². The molecule has 1 aromatic carbocycles. The third-order valence-electron chi connectivity index (χ3n) is 5.17. The molecule has 1 aromatic rings. The summed E-state index contributed by atoms with van der Waals surface area (Å²) in [6.45, 7) is 1.47. The van der Waals surface area contributed by atoms with E-state index in [4.69, 9.17) is 0 Å². The maximum atomic E-state index is 12.3.